The average molecular weight is 485 g/mol. The molecule has 9 nitrogen and oxygen atoms in total. The Balaban J connectivity index is 1.24. The van der Waals surface area contributed by atoms with Gasteiger partial charge in [-0.1, -0.05) is 24.3 Å². The molecule has 0 spiro atoms. The highest BCUT2D eigenvalue weighted by Gasteiger charge is 2.40. The van der Waals surface area contributed by atoms with Gasteiger partial charge in [0.2, 0.25) is 18.6 Å². The van der Waals surface area contributed by atoms with Crippen LogP contribution in [-0.4, -0.2) is 41.8 Å². The number of benzene rings is 3. The van der Waals surface area contributed by atoms with Gasteiger partial charge >= 0.3 is 0 Å². The van der Waals surface area contributed by atoms with Gasteiger partial charge in [0.05, 0.1) is 24.6 Å². The first kappa shape index (κ1) is 22.0. The van der Waals surface area contributed by atoms with Crippen molar-refractivity contribution < 1.29 is 23.8 Å². The highest BCUT2D eigenvalue weighted by atomic mass is 16.7. The zero-order valence-corrected chi connectivity index (χ0v) is 19.6. The predicted molar refractivity (Wildman–Crippen MR) is 134 cm³/mol. The molecule has 0 saturated heterocycles. The van der Waals surface area contributed by atoms with Crippen LogP contribution in [0.4, 0.5) is 11.6 Å². The van der Waals surface area contributed by atoms with E-state index in [2.05, 4.69) is 5.32 Å². The van der Waals surface area contributed by atoms with Gasteiger partial charge in [0, 0.05) is 18.3 Å². The second kappa shape index (κ2) is 8.92. The maximum Gasteiger partial charge on any atom is 0.253 e. The number of ether oxygens (including phenoxy) is 3. The van der Waals surface area contributed by atoms with Crippen LogP contribution in [0.15, 0.2) is 66.7 Å². The van der Waals surface area contributed by atoms with Gasteiger partial charge in [-0.05, 0) is 48.4 Å². The molecule has 4 aromatic rings. The van der Waals surface area contributed by atoms with Crippen molar-refractivity contribution in [3.8, 4) is 17.2 Å². The number of hydrogen-bond donors (Lipinski definition) is 1. The Hall–Kier alpha value is -4.53. The number of aromatic nitrogens is 2. The normalized spacial score (nSPS) is 15.9. The molecule has 1 aromatic heterocycles. The van der Waals surface area contributed by atoms with Gasteiger partial charge in [-0.15, -0.1) is 0 Å². The van der Waals surface area contributed by atoms with E-state index in [1.807, 2.05) is 53.1 Å². The fraction of sp³-hybridized carbons (Fsp3) is 0.222. The lowest BCUT2D eigenvalue weighted by molar-refractivity contribution is -0.124. The monoisotopic (exact) mass is 484 g/mol. The minimum absolute atomic E-state index is 0.0142. The number of fused-ring (bicyclic) bond motifs is 4. The van der Waals surface area contributed by atoms with Crippen molar-refractivity contribution in [1.29, 1.82) is 0 Å². The summed E-state index contributed by atoms with van der Waals surface area (Å²) in [5.41, 5.74) is 3.28. The average Bonchev–Trinajstić information content (AvgIpc) is 3.57. The molecule has 9 heteroatoms. The first-order valence-corrected chi connectivity index (χ1v) is 11.7. The molecule has 1 N–H and O–H groups in total. The molecule has 1 unspecified atom stereocenters. The summed E-state index contributed by atoms with van der Waals surface area (Å²) in [6, 6.07) is 20.0. The first-order chi connectivity index (χ1) is 17.6. The van der Waals surface area contributed by atoms with Gasteiger partial charge in [0.15, 0.2) is 11.5 Å². The lowest BCUT2D eigenvalue weighted by Gasteiger charge is -2.16. The summed E-state index contributed by atoms with van der Waals surface area (Å²) in [6.45, 7) is 0.612. The van der Waals surface area contributed by atoms with Crippen molar-refractivity contribution in [3.63, 3.8) is 0 Å². The Morgan fingerprint density at radius 3 is 2.72 bits per heavy atom. The topological polar surface area (TPSA) is 94.9 Å². The van der Waals surface area contributed by atoms with Crippen molar-refractivity contribution in [2.24, 2.45) is 0 Å². The fourth-order valence-electron chi connectivity index (χ4n) is 4.70. The van der Waals surface area contributed by atoms with E-state index in [0.29, 0.717) is 36.1 Å². The molecule has 0 bridgehead atoms. The standard InChI is InChI=1S/C27H24N4O5/c1-34-19-9-6-17(7-10-19)12-13-30-26(33)22(31-21-5-3-2-4-20(21)29-27(30)31)15-25(32)28-18-8-11-23-24(14-18)36-16-35-23/h2-11,14,22H,12-13,15-16H2,1H3,(H,28,32). The molecule has 3 aromatic carbocycles. The second-order valence-corrected chi connectivity index (χ2v) is 8.69. The smallest absolute Gasteiger partial charge is 0.253 e. The Morgan fingerprint density at radius 2 is 1.89 bits per heavy atom. The molecule has 1 atom stereocenters. The third-order valence-electron chi connectivity index (χ3n) is 6.50. The third-order valence-corrected chi connectivity index (χ3v) is 6.50. The Labute approximate surface area is 207 Å². The number of carbonyl (C=O) groups is 2. The Kier molecular flexibility index (Phi) is 5.44. The van der Waals surface area contributed by atoms with E-state index in [1.165, 1.54) is 0 Å². The minimum Gasteiger partial charge on any atom is -0.497 e. The number of carbonyl (C=O) groups excluding carboxylic acids is 2. The summed E-state index contributed by atoms with van der Waals surface area (Å²) >= 11 is 0. The number of hydrogen-bond acceptors (Lipinski definition) is 6. The number of rotatable bonds is 7. The summed E-state index contributed by atoms with van der Waals surface area (Å²) in [4.78, 5) is 33.0. The number of amides is 2. The van der Waals surface area contributed by atoms with E-state index in [4.69, 9.17) is 19.2 Å². The number of para-hydroxylation sites is 2. The van der Waals surface area contributed by atoms with Crippen molar-refractivity contribution >= 4 is 34.5 Å². The van der Waals surface area contributed by atoms with Crippen LogP contribution >= 0.6 is 0 Å². The Bertz CT molecular complexity index is 1460. The van der Waals surface area contributed by atoms with E-state index < -0.39 is 6.04 Å². The highest BCUT2D eigenvalue weighted by Crippen LogP contribution is 2.37. The molecule has 0 fully saturated rings. The highest BCUT2D eigenvalue weighted by molar-refractivity contribution is 6.05. The first-order valence-electron chi connectivity index (χ1n) is 11.7. The number of methoxy groups -OCH3 is 1. The summed E-state index contributed by atoms with van der Waals surface area (Å²) in [7, 11) is 1.63. The lowest BCUT2D eigenvalue weighted by Crippen LogP contribution is -2.33. The predicted octanol–water partition coefficient (Wildman–Crippen LogP) is 3.93. The minimum atomic E-state index is -0.683. The number of nitrogens with one attached hydrogen (secondary N) is 1. The van der Waals surface area contributed by atoms with Crippen LogP contribution in [0, 0.1) is 0 Å². The van der Waals surface area contributed by atoms with Gasteiger partial charge < -0.3 is 19.5 Å². The molecule has 2 aliphatic rings. The molecule has 0 aliphatic carbocycles. The van der Waals surface area contributed by atoms with Crippen LogP contribution in [0.25, 0.3) is 11.0 Å². The SMILES string of the molecule is COc1ccc(CCN2C(=O)C(CC(=O)Nc3ccc4c(c3)OCO4)n3c2nc2ccccc23)cc1. The van der Waals surface area contributed by atoms with E-state index in [0.717, 1.165) is 22.3 Å². The van der Waals surface area contributed by atoms with Gasteiger partial charge in [0.1, 0.15) is 11.8 Å². The molecule has 0 saturated carbocycles. The van der Waals surface area contributed by atoms with Crippen LogP contribution in [-0.2, 0) is 16.0 Å². The van der Waals surface area contributed by atoms with Gasteiger partial charge in [0.25, 0.3) is 5.91 Å². The Morgan fingerprint density at radius 1 is 1.08 bits per heavy atom. The maximum absolute atomic E-state index is 13.6. The van der Waals surface area contributed by atoms with Crippen LogP contribution in [0.1, 0.15) is 18.0 Å². The van der Waals surface area contributed by atoms with E-state index in [9.17, 15) is 9.59 Å². The largest absolute Gasteiger partial charge is 0.497 e. The summed E-state index contributed by atoms with van der Waals surface area (Å²) in [5, 5.41) is 2.88. The van der Waals surface area contributed by atoms with Gasteiger partial charge in [-0.2, -0.15) is 0 Å². The van der Waals surface area contributed by atoms with Gasteiger partial charge in [-0.25, -0.2) is 4.98 Å². The maximum atomic E-state index is 13.6. The van der Waals surface area contributed by atoms with Crippen LogP contribution in [0.2, 0.25) is 0 Å². The molecule has 182 valence electrons. The molecular formula is C27H24N4O5. The summed E-state index contributed by atoms with van der Waals surface area (Å²) in [6.07, 6.45) is 0.634. The van der Waals surface area contributed by atoms with Crippen LogP contribution < -0.4 is 24.4 Å². The molecule has 36 heavy (non-hydrogen) atoms. The number of imidazole rings is 1. The zero-order valence-electron chi connectivity index (χ0n) is 19.6. The molecule has 0 radical (unpaired) electrons. The van der Waals surface area contributed by atoms with Crippen molar-refractivity contribution in [2.45, 2.75) is 18.9 Å². The molecule has 3 heterocycles. The molecular weight excluding hydrogens is 460 g/mol. The van der Waals surface area contributed by atoms with Crippen molar-refractivity contribution in [3.05, 3.63) is 72.3 Å². The fourth-order valence-corrected chi connectivity index (χ4v) is 4.70. The van der Waals surface area contributed by atoms with Crippen LogP contribution in [0.3, 0.4) is 0 Å². The number of anilines is 2. The van der Waals surface area contributed by atoms with E-state index in [1.54, 1.807) is 30.2 Å². The lowest BCUT2D eigenvalue weighted by atomic mass is 10.1. The second-order valence-electron chi connectivity index (χ2n) is 8.69. The molecule has 2 aliphatic heterocycles. The quantitative estimate of drug-likeness (QED) is 0.427. The van der Waals surface area contributed by atoms with E-state index >= 15 is 0 Å². The third kappa shape index (κ3) is 3.88. The van der Waals surface area contributed by atoms with Crippen LogP contribution in [0.5, 0.6) is 17.2 Å². The zero-order chi connectivity index (χ0) is 24.6. The van der Waals surface area contributed by atoms with E-state index in [-0.39, 0.29) is 25.0 Å². The van der Waals surface area contributed by atoms with Crippen molar-refractivity contribution in [2.75, 3.05) is 30.7 Å². The summed E-state index contributed by atoms with van der Waals surface area (Å²) < 4.78 is 17.8. The molecule has 2 amide bonds. The molecule has 6 rings (SSSR count). The summed E-state index contributed by atoms with van der Waals surface area (Å²) in [5.74, 6) is 2.16. The number of nitrogens with zero attached hydrogens (tertiary/aromatic N) is 3. The van der Waals surface area contributed by atoms with Crippen molar-refractivity contribution in [1.82, 2.24) is 9.55 Å². The van der Waals surface area contributed by atoms with Gasteiger partial charge in [-0.3, -0.25) is 19.1 Å².